The summed E-state index contributed by atoms with van der Waals surface area (Å²) in [5, 5.41) is 10.4. The first-order valence-electron chi connectivity index (χ1n) is 13.6. The van der Waals surface area contributed by atoms with Gasteiger partial charge in [-0.3, -0.25) is 0 Å². The Balaban J connectivity index is 1.10. The Morgan fingerprint density at radius 2 is 1.91 bits per heavy atom. The summed E-state index contributed by atoms with van der Waals surface area (Å²) in [5.41, 5.74) is 2.09. The number of anilines is 1. The Kier molecular flexibility index (Phi) is 7.19. The minimum absolute atomic E-state index is 0.0252. The Bertz CT molecular complexity index is 1710. The Morgan fingerprint density at radius 1 is 1.14 bits per heavy atom. The summed E-state index contributed by atoms with van der Waals surface area (Å²) in [6, 6.07) is 8.19. The lowest BCUT2D eigenvalue weighted by Crippen LogP contribution is -2.38. The minimum Gasteiger partial charge on any atom is -0.465 e. The van der Waals surface area contributed by atoms with Gasteiger partial charge in [0.1, 0.15) is 11.2 Å². The van der Waals surface area contributed by atoms with E-state index in [9.17, 15) is 18.0 Å². The summed E-state index contributed by atoms with van der Waals surface area (Å²) in [6.45, 7) is 0.932. The van der Waals surface area contributed by atoms with Gasteiger partial charge in [0, 0.05) is 24.1 Å². The van der Waals surface area contributed by atoms with Crippen molar-refractivity contribution in [3.05, 3.63) is 51.6 Å². The fourth-order valence-corrected chi connectivity index (χ4v) is 7.74. The number of fused-ring (bicyclic) bond motifs is 3. The molecule has 3 fully saturated rings. The highest BCUT2D eigenvalue weighted by atomic mass is 35.5. The zero-order chi connectivity index (χ0) is 30.0. The van der Waals surface area contributed by atoms with E-state index in [4.69, 9.17) is 32.7 Å². The average molecular weight is 654 g/mol. The van der Waals surface area contributed by atoms with Crippen LogP contribution in [0, 0.1) is 5.92 Å². The first-order chi connectivity index (χ1) is 20.6. The quantitative estimate of drug-likeness (QED) is 0.187. The van der Waals surface area contributed by atoms with Gasteiger partial charge >= 0.3 is 12.3 Å². The third-order valence-electron chi connectivity index (χ3n) is 8.14. The summed E-state index contributed by atoms with van der Waals surface area (Å²) >= 11 is 14.2. The molecule has 3 aliphatic rings. The van der Waals surface area contributed by atoms with E-state index in [0.717, 1.165) is 44.6 Å². The molecule has 1 saturated heterocycles. The molecule has 226 valence electrons. The molecule has 43 heavy (non-hydrogen) atoms. The highest BCUT2D eigenvalue weighted by molar-refractivity contribution is 7.22. The number of piperidine rings is 1. The van der Waals surface area contributed by atoms with E-state index in [-0.39, 0.29) is 35.2 Å². The van der Waals surface area contributed by atoms with E-state index < -0.39 is 18.1 Å². The molecule has 2 aliphatic carbocycles. The van der Waals surface area contributed by atoms with Crippen LogP contribution in [0.4, 0.5) is 18.3 Å². The molecular weight excluding hydrogens is 630 g/mol. The first kappa shape index (κ1) is 28.6. The molecule has 15 heteroatoms. The van der Waals surface area contributed by atoms with Crippen molar-refractivity contribution in [1.29, 1.82) is 0 Å². The van der Waals surface area contributed by atoms with Crippen LogP contribution in [0.2, 0.25) is 10.0 Å². The number of benzene rings is 2. The van der Waals surface area contributed by atoms with Gasteiger partial charge in [-0.1, -0.05) is 45.8 Å². The van der Waals surface area contributed by atoms with Crippen molar-refractivity contribution < 1.29 is 32.2 Å². The van der Waals surface area contributed by atoms with Gasteiger partial charge in [0.2, 0.25) is 0 Å². The molecule has 1 aliphatic heterocycles. The molecule has 0 spiro atoms. The summed E-state index contributed by atoms with van der Waals surface area (Å²) < 4.78 is 57.2. The number of halogens is 5. The average Bonchev–Trinajstić information content (AvgIpc) is 3.27. The van der Waals surface area contributed by atoms with Gasteiger partial charge in [-0.25, -0.2) is 14.5 Å². The smallest absolute Gasteiger partial charge is 0.465 e. The van der Waals surface area contributed by atoms with Gasteiger partial charge in [0.15, 0.2) is 10.9 Å². The maximum atomic E-state index is 13.2. The van der Waals surface area contributed by atoms with E-state index in [1.165, 1.54) is 17.4 Å². The van der Waals surface area contributed by atoms with Crippen LogP contribution in [0.5, 0.6) is 5.75 Å². The van der Waals surface area contributed by atoms with Crippen molar-refractivity contribution >= 4 is 55.9 Å². The molecule has 0 radical (unpaired) electrons. The van der Waals surface area contributed by atoms with Crippen LogP contribution in [0.15, 0.2) is 30.3 Å². The lowest BCUT2D eigenvalue weighted by molar-refractivity contribution is -0.274. The highest BCUT2D eigenvalue weighted by Gasteiger charge is 2.47. The maximum Gasteiger partial charge on any atom is 0.573 e. The topological polar surface area (TPSA) is 91.6 Å². The zero-order valence-electron chi connectivity index (χ0n) is 22.6. The van der Waals surface area contributed by atoms with Crippen LogP contribution in [0.1, 0.15) is 47.8 Å². The number of esters is 1. The van der Waals surface area contributed by atoms with E-state index in [2.05, 4.69) is 24.9 Å². The predicted molar refractivity (Wildman–Crippen MR) is 154 cm³/mol. The van der Waals surface area contributed by atoms with Crippen molar-refractivity contribution in [1.82, 2.24) is 20.0 Å². The Hall–Kier alpha value is -3.13. The van der Waals surface area contributed by atoms with E-state index in [0.29, 0.717) is 44.3 Å². The number of nitrogens with zero attached hydrogens (tertiary/aromatic N) is 5. The molecule has 0 amide bonds. The van der Waals surface area contributed by atoms with Crippen LogP contribution in [-0.4, -0.2) is 58.1 Å². The van der Waals surface area contributed by atoms with Crippen LogP contribution in [-0.2, 0) is 16.1 Å². The van der Waals surface area contributed by atoms with Gasteiger partial charge in [-0.2, -0.15) is 0 Å². The Labute approximate surface area is 257 Å². The maximum absolute atomic E-state index is 13.2. The predicted octanol–water partition coefficient (Wildman–Crippen LogP) is 7.07. The summed E-state index contributed by atoms with van der Waals surface area (Å²) in [6.07, 6.45) is -1.33. The number of methoxy groups -OCH3 is 1. The number of ether oxygens (including phenoxy) is 3. The largest absolute Gasteiger partial charge is 0.573 e. The molecule has 2 bridgehead atoms. The standard InChI is InChI=1S/C28H24Cl2F3N5O4S/c1-40-26(39)13-8-21(42-28(31,32)33)25-22(9-13)43-27(34-25)37-11-14-7-16(37)10-20(14)41-12-19-24(35-36-38(19)15-5-6-15)23-17(29)3-2-4-18(23)30/h2-4,8-9,14-16,20H,5-7,10-12H2,1H3/t14-,16-,20+/m0/s1. The molecular formula is C28H24Cl2F3N5O4S. The number of alkyl halides is 3. The second kappa shape index (κ2) is 10.8. The molecule has 2 aromatic heterocycles. The van der Waals surface area contributed by atoms with Gasteiger partial charge in [0.05, 0.1) is 51.9 Å². The van der Waals surface area contributed by atoms with Crippen molar-refractivity contribution in [2.45, 2.75) is 56.8 Å². The molecule has 2 saturated carbocycles. The summed E-state index contributed by atoms with van der Waals surface area (Å²) in [4.78, 5) is 18.7. The van der Waals surface area contributed by atoms with Crippen molar-refractivity contribution in [2.24, 2.45) is 5.92 Å². The number of rotatable bonds is 8. The minimum atomic E-state index is -4.94. The van der Waals surface area contributed by atoms with E-state index in [1.807, 2.05) is 4.68 Å². The molecule has 0 N–H and O–H groups in total. The summed E-state index contributed by atoms with van der Waals surface area (Å²) in [5.74, 6) is -1.10. The first-order valence-corrected chi connectivity index (χ1v) is 15.2. The number of aromatic nitrogens is 4. The third-order valence-corrected chi connectivity index (χ3v) is 9.80. The van der Waals surface area contributed by atoms with Crippen LogP contribution >= 0.6 is 34.5 Å². The molecule has 4 aromatic rings. The number of thiazole rings is 1. The fourth-order valence-electron chi connectivity index (χ4n) is 6.06. The molecule has 2 aromatic carbocycles. The summed E-state index contributed by atoms with van der Waals surface area (Å²) in [7, 11) is 1.16. The number of carbonyl (C=O) groups excluding carboxylic acids is 1. The lowest BCUT2D eigenvalue weighted by atomic mass is 10.1. The highest BCUT2D eigenvalue weighted by Crippen LogP contribution is 2.46. The number of carbonyl (C=O) groups is 1. The fraction of sp³-hybridized carbons (Fsp3) is 0.429. The van der Waals surface area contributed by atoms with E-state index >= 15 is 0 Å². The van der Waals surface area contributed by atoms with Crippen molar-refractivity contribution in [3.63, 3.8) is 0 Å². The van der Waals surface area contributed by atoms with Gasteiger partial charge < -0.3 is 19.1 Å². The zero-order valence-corrected chi connectivity index (χ0v) is 24.9. The molecule has 3 atom stereocenters. The van der Waals surface area contributed by atoms with Crippen LogP contribution in [0.3, 0.4) is 0 Å². The number of hydrogen-bond donors (Lipinski definition) is 0. The van der Waals surface area contributed by atoms with Crippen LogP contribution in [0.25, 0.3) is 21.5 Å². The molecule has 0 unspecified atom stereocenters. The van der Waals surface area contributed by atoms with Crippen molar-refractivity contribution in [2.75, 3.05) is 18.6 Å². The second-order valence-electron chi connectivity index (χ2n) is 10.9. The van der Waals surface area contributed by atoms with Gasteiger partial charge in [-0.15, -0.1) is 18.3 Å². The lowest BCUT2D eigenvalue weighted by Gasteiger charge is -2.31. The SMILES string of the molecule is COC(=O)c1cc(OC(F)(F)F)c2nc(N3C[C@@H]4C[C@H]3C[C@H]4OCc3c(-c4c(Cl)cccc4Cl)nnn3C3CC3)sc2c1. The monoisotopic (exact) mass is 653 g/mol. The third kappa shape index (κ3) is 5.41. The second-order valence-corrected chi connectivity index (χ2v) is 12.7. The molecule has 3 heterocycles. The molecule has 9 nitrogen and oxygen atoms in total. The van der Waals surface area contributed by atoms with Gasteiger partial charge in [0.25, 0.3) is 0 Å². The molecule has 7 rings (SSSR count). The normalized spacial score (nSPS) is 21.6. The number of hydrogen-bond acceptors (Lipinski definition) is 9. The van der Waals surface area contributed by atoms with Crippen LogP contribution < -0.4 is 9.64 Å². The van der Waals surface area contributed by atoms with Crippen molar-refractivity contribution in [3.8, 4) is 17.0 Å². The Morgan fingerprint density at radius 3 is 2.56 bits per heavy atom. The van der Waals surface area contributed by atoms with Gasteiger partial charge in [-0.05, 0) is 49.9 Å². The van der Waals surface area contributed by atoms with E-state index in [1.54, 1.807) is 18.2 Å².